The second-order valence-corrected chi connectivity index (χ2v) is 5.21. The molecule has 23 heavy (non-hydrogen) atoms. The van der Waals surface area contributed by atoms with Crippen LogP contribution in [0.1, 0.15) is 0 Å². The van der Waals surface area contributed by atoms with Crippen LogP contribution >= 0.6 is 0 Å². The Kier molecular flexibility index (Phi) is 3.20. The summed E-state index contributed by atoms with van der Waals surface area (Å²) in [5.74, 6) is 1.67. The summed E-state index contributed by atoms with van der Waals surface area (Å²) >= 11 is 0. The van der Waals surface area contributed by atoms with Gasteiger partial charge in [-0.1, -0.05) is 0 Å². The molecule has 0 aliphatic carbocycles. The molecule has 0 saturated carbocycles. The van der Waals surface area contributed by atoms with E-state index in [1.807, 2.05) is 48.8 Å². The molecule has 0 aliphatic rings. The highest BCUT2D eigenvalue weighted by Gasteiger charge is 2.05. The fraction of sp³-hybridized carbons (Fsp3) is 0. The molecular weight excluding hydrogens is 288 g/mol. The van der Waals surface area contributed by atoms with E-state index >= 15 is 0 Å². The molecule has 0 radical (unpaired) electrons. The predicted octanol–water partition coefficient (Wildman–Crippen LogP) is 4.52. The second-order valence-electron chi connectivity index (χ2n) is 5.21. The lowest BCUT2D eigenvalue weighted by Crippen LogP contribution is -1.92. The van der Waals surface area contributed by atoms with Crippen LogP contribution in [0.15, 0.2) is 79.3 Å². The Balaban J connectivity index is 1.68. The maximum Gasteiger partial charge on any atom is 0.128 e. The fourth-order valence-electron chi connectivity index (χ4n) is 2.56. The van der Waals surface area contributed by atoms with E-state index in [4.69, 9.17) is 4.74 Å². The lowest BCUT2D eigenvalue weighted by molar-refractivity contribution is 0.464. The number of phenols is 1. The molecule has 0 bridgehead atoms. The van der Waals surface area contributed by atoms with Gasteiger partial charge in [-0.2, -0.15) is 0 Å². The van der Waals surface area contributed by atoms with Gasteiger partial charge in [0.25, 0.3) is 0 Å². The van der Waals surface area contributed by atoms with Crippen LogP contribution in [-0.4, -0.2) is 14.7 Å². The number of hydrogen-bond donors (Lipinski definition) is 1. The average molecular weight is 302 g/mol. The highest BCUT2D eigenvalue weighted by Crippen LogP contribution is 2.28. The van der Waals surface area contributed by atoms with Gasteiger partial charge in [-0.15, -0.1) is 0 Å². The summed E-state index contributed by atoms with van der Waals surface area (Å²) < 4.78 is 7.91. The molecule has 4 heteroatoms. The number of nitrogens with zero attached hydrogens (tertiary/aromatic N) is 2. The average Bonchev–Trinajstić information content (AvgIpc) is 3.01. The van der Waals surface area contributed by atoms with Gasteiger partial charge in [-0.3, -0.25) is 4.98 Å². The van der Waals surface area contributed by atoms with Crippen LogP contribution in [0.25, 0.3) is 16.6 Å². The molecular formula is C19H14N2O2. The minimum atomic E-state index is 0.223. The van der Waals surface area contributed by atoms with Crippen molar-refractivity contribution >= 4 is 10.9 Å². The third-order valence-electron chi connectivity index (χ3n) is 3.66. The summed E-state index contributed by atoms with van der Waals surface area (Å²) in [5.41, 5.74) is 2.12. The highest BCUT2D eigenvalue weighted by atomic mass is 16.5. The van der Waals surface area contributed by atoms with Crippen molar-refractivity contribution in [2.75, 3.05) is 0 Å². The molecule has 4 rings (SSSR count). The molecule has 4 aromatic rings. The van der Waals surface area contributed by atoms with Crippen LogP contribution in [0.3, 0.4) is 0 Å². The van der Waals surface area contributed by atoms with E-state index in [0.29, 0.717) is 5.75 Å². The number of benzene rings is 2. The largest absolute Gasteiger partial charge is 0.508 e. The molecule has 0 amide bonds. The Morgan fingerprint density at radius 1 is 0.913 bits per heavy atom. The fourth-order valence-corrected chi connectivity index (χ4v) is 2.56. The number of pyridine rings is 1. The van der Waals surface area contributed by atoms with Gasteiger partial charge in [-0.05, 0) is 60.7 Å². The maximum atomic E-state index is 9.31. The number of ether oxygens (including phenoxy) is 1. The molecule has 4 nitrogen and oxygen atoms in total. The van der Waals surface area contributed by atoms with Crippen molar-refractivity contribution in [1.29, 1.82) is 0 Å². The molecule has 0 unspecified atom stereocenters. The van der Waals surface area contributed by atoms with Crippen LogP contribution in [0.2, 0.25) is 0 Å². The summed E-state index contributed by atoms with van der Waals surface area (Å²) in [6, 6.07) is 18.6. The van der Waals surface area contributed by atoms with E-state index in [1.54, 1.807) is 30.5 Å². The molecule has 0 spiro atoms. The zero-order chi connectivity index (χ0) is 15.6. The SMILES string of the molecule is Oc1ccc(Oc2ccc3c(ccn3-c3cccnc3)c2)cc1. The summed E-state index contributed by atoms with van der Waals surface area (Å²) in [6.45, 7) is 0. The van der Waals surface area contributed by atoms with Gasteiger partial charge in [0.05, 0.1) is 17.4 Å². The van der Waals surface area contributed by atoms with E-state index in [0.717, 1.165) is 22.3 Å². The molecule has 0 saturated heterocycles. The maximum absolute atomic E-state index is 9.31. The van der Waals surface area contributed by atoms with E-state index in [1.165, 1.54) is 0 Å². The molecule has 1 N–H and O–H groups in total. The first-order valence-electron chi connectivity index (χ1n) is 7.28. The number of fused-ring (bicyclic) bond motifs is 1. The van der Waals surface area contributed by atoms with Crippen molar-refractivity contribution in [3.63, 3.8) is 0 Å². The monoisotopic (exact) mass is 302 g/mol. The highest BCUT2D eigenvalue weighted by molar-refractivity contribution is 5.83. The minimum absolute atomic E-state index is 0.223. The zero-order valence-electron chi connectivity index (χ0n) is 12.3. The van der Waals surface area contributed by atoms with Gasteiger partial charge in [-0.25, -0.2) is 0 Å². The number of aromatic hydroxyl groups is 1. The van der Waals surface area contributed by atoms with Crippen molar-refractivity contribution in [1.82, 2.24) is 9.55 Å². The van der Waals surface area contributed by atoms with Gasteiger partial charge in [0, 0.05) is 17.8 Å². The predicted molar refractivity (Wildman–Crippen MR) is 89.3 cm³/mol. The van der Waals surface area contributed by atoms with E-state index in [2.05, 4.69) is 9.55 Å². The topological polar surface area (TPSA) is 47.3 Å². The second kappa shape index (κ2) is 5.50. The van der Waals surface area contributed by atoms with Gasteiger partial charge in [0.1, 0.15) is 17.2 Å². The quantitative estimate of drug-likeness (QED) is 0.605. The van der Waals surface area contributed by atoms with Crippen molar-refractivity contribution in [2.24, 2.45) is 0 Å². The zero-order valence-corrected chi connectivity index (χ0v) is 12.3. The van der Waals surface area contributed by atoms with Crippen molar-refractivity contribution in [2.45, 2.75) is 0 Å². The van der Waals surface area contributed by atoms with Crippen LogP contribution in [-0.2, 0) is 0 Å². The molecule has 2 heterocycles. The summed E-state index contributed by atoms with van der Waals surface area (Å²) in [7, 11) is 0. The Morgan fingerprint density at radius 3 is 2.52 bits per heavy atom. The summed E-state index contributed by atoms with van der Waals surface area (Å²) in [6.07, 6.45) is 5.62. The first-order chi connectivity index (χ1) is 11.3. The normalized spacial score (nSPS) is 10.8. The van der Waals surface area contributed by atoms with Gasteiger partial charge in [0.15, 0.2) is 0 Å². The Labute approximate surface area is 133 Å². The van der Waals surface area contributed by atoms with Crippen LogP contribution in [0.4, 0.5) is 0 Å². The molecule has 2 aromatic carbocycles. The third kappa shape index (κ3) is 2.62. The van der Waals surface area contributed by atoms with Gasteiger partial charge in [0.2, 0.25) is 0 Å². The summed E-state index contributed by atoms with van der Waals surface area (Å²) in [5, 5.41) is 10.4. The molecule has 112 valence electrons. The van der Waals surface area contributed by atoms with E-state index in [-0.39, 0.29) is 5.75 Å². The first kappa shape index (κ1) is 13.4. The number of aromatic nitrogens is 2. The van der Waals surface area contributed by atoms with Crippen LogP contribution < -0.4 is 4.74 Å². The molecule has 0 fully saturated rings. The molecule has 0 atom stereocenters. The van der Waals surface area contributed by atoms with Gasteiger partial charge >= 0.3 is 0 Å². The smallest absolute Gasteiger partial charge is 0.128 e. The number of phenolic OH excluding ortho intramolecular Hbond substituents is 1. The Morgan fingerprint density at radius 2 is 1.74 bits per heavy atom. The lowest BCUT2D eigenvalue weighted by Gasteiger charge is -2.07. The van der Waals surface area contributed by atoms with Crippen molar-refractivity contribution in [3.8, 4) is 22.9 Å². The Hall–Kier alpha value is -3.27. The minimum Gasteiger partial charge on any atom is -0.508 e. The van der Waals surface area contributed by atoms with Crippen molar-refractivity contribution < 1.29 is 9.84 Å². The molecule has 2 aromatic heterocycles. The lowest BCUT2D eigenvalue weighted by atomic mass is 10.2. The van der Waals surface area contributed by atoms with E-state index in [9.17, 15) is 5.11 Å². The number of rotatable bonds is 3. The van der Waals surface area contributed by atoms with E-state index < -0.39 is 0 Å². The molecule has 0 aliphatic heterocycles. The first-order valence-corrected chi connectivity index (χ1v) is 7.28. The third-order valence-corrected chi connectivity index (χ3v) is 3.66. The van der Waals surface area contributed by atoms with Crippen LogP contribution in [0.5, 0.6) is 17.2 Å². The van der Waals surface area contributed by atoms with Gasteiger partial charge < -0.3 is 14.4 Å². The van der Waals surface area contributed by atoms with Crippen molar-refractivity contribution in [3.05, 3.63) is 79.3 Å². The standard InChI is InChI=1S/C19H14N2O2/c22-16-3-5-17(6-4-16)23-18-7-8-19-14(12-18)9-11-21(19)15-2-1-10-20-13-15/h1-13,22H. The summed E-state index contributed by atoms with van der Waals surface area (Å²) in [4.78, 5) is 4.16. The Bertz CT molecular complexity index is 944. The van der Waals surface area contributed by atoms with Crippen LogP contribution in [0, 0.1) is 0 Å². The number of hydrogen-bond acceptors (Lipinski definition) is 3.